The maximum Gasteiger partial charge on any atom is 0.134 e. The first-order valence-corrected chi connectivity index (χ1v) is 7.42. The summed E-state index contributed by atoms with van der Waals surface area (Å²) in [6.07, 6.45) is -0.298. The van der Waals surface area contributed by atoms with Crippen LogP contribution in [0.15, 0.2) is 46.9 Å². The van der Waals surface area contributed by atoms with E-state index < -0.39 is 6.10 Å². The monoisotopic (exact) mass is 320 g/mol. The van der Waals surface area contributed by atoms with Crippen molar-refractivity contribution in [2.45, 2.75) is 19.4 Å². The molecule has 0 saturated heterocycles. The number of halogens is 2. The van der Waals surface area contributed by atoms with Crippen molar-refractivity contribution in [2.24, 2.45) is 0 Å². The van der Waals surface area contributed by atoms with Gasteiger partial charge >= 0.3 is 0 Å². The first kappa shape index (κ1) is 14.5. The van der Waals surface area contributed by atoms with Crippen molar-refractivity contribution < 1.29 is 9.52 Å². The summed E-state index contributed by atoms with van der Waals surface area (Å²) in [5, 5.41) is 12.5. The molecule has 21 heavy (non-hydrogen) atoms. The third-order valence-corrected chi connectivity index (χ3v) is 4.46. The van der Waals surface area contributed by atoms with Crippen LogP contribution < -0.4 is 0 Å². The lowest BCUT2D eigenvalue weighted by atomic mass is 9.99. The van der Waals surface area contributed by atoms with Crippen LogP contribution >= 0.6 is 23.2 Å². The number of hydrogen-bond acceptors (Lipinski definition) is 2. The van der Waals surface area contributed by atoms with Crippen LogP contribution in [-0.2, 0) is 6.42 Å². The fourth-order valence-electron chi connectivity index (χ4n) is 2.62. The van der Waals surface area contributed by atoms with E-state index in [0.29, 0.717) is 16.5 Å². The summed E-state index contributed by atoms with van der Waals surface area (Å²) in [7, 11) is 0. The van der Waals surface area contributed by atoms with Crippen LogP contribution in [0.5, 0.6) is 0 Å². The Balaban J connectivity index is 1.99. The van der Waals surface area contributed by atoms with E-state index in [-0.39, 0.29) is 0 Å². The predicted molar refractivity (Wildman–Crippen MR) is 86.1 cm³/mol. The second-order valence-corrected chi connectivity index (χ2v) is 5.79. The zero-order chi connectivity index (χ0) is 15.0. The number of hydrogen-bond donors (Lipinski definition) is 1. The highest BCUT2D eigenvalue weighted by Crippen LogP contribution is 2.34. The molecule has 0 saturated carbocycles. The average molecular weight is 321 g/mol. The van der Waals surface area contributed by atoms with Crippen molar-refractivity contribution in [1.29, 1.82) is 0 Å². The van der Waals surface area contributed by atoms with E-state index in [0.717, 1.165) is 27.9 Å². The Labute approximate surface area is 132 Å². The number of aryl methyl sites for hydroxylation is 1. The lowest BCUT2D eigenvalue weighted by Gasteiger charge is -2.12. The summed E-state index contributed by atoms with van der Waals surface area (Å²) in [5.41, 5.74) is 2.41. The Morgan fingerprint density at radius 3 is 2.67 bits per heavy atom. The summed E-state index contributed by atoms with van der Waals surface area (Å²) in [5.74, 6) is 0.724. The maximum absolute atomic E-state index is 10.6. The van der Waals surface area contributed by atoms with Gasteiger partial charge in [0.2, 0.25) is 0 Å². The second-order valence-electron chi connectivity index (χ2n) is 5.00. The quantitative estimate of drug-likeness (QED) is 0.708. The Morgan fingerprint density at radius 2 is 1.86 bits per heavy atom. The molecule has 108 valence electrons. The minimum Gasteiger partial charge on any atom is -0.461 e. The fraction of sp³-hybridized carbons (Fsp3) is 0.176. The molecule has 1 aromatic heterocycles. The molecule has 1 atom stereocenters. The van der Waals surface area contributed by atoms with Crippen LogP contribution in [0.4, 0.5) is 0 Å². The zero-order valence-electron chi connectivity index (χ0n) is 11.4. The normalized spacial score (nSPS) is 12.8. The van der Waals surface area contributed by atoms with Crippen molar-refractivity contribution in [3.63, 3.8) is 0 Å². The van der Waals surface area contributed by atoms with Crippen LogP contribution in [0.25, 0.3) is 11.0 Å². The van der Waals surface area contributed by atoms with E-state index in [1.807, 2.05) is 43.3 Å². The van der Waals surface area contributed by atoms with Crippen molar-refractivity contribution in [2.75, 3.05) is 0 Å². The number of benzene rings is 2. The standard InChI is InChI=1S/C17H14Cl2O2/c1-10-16(12-6-2-3-8-15(12)21-10)14(20)9-11-5-4-7-13(18)17(11)19/h2-8,14,20H,9H2,1H3. The maximum atomic E-state index is 10.6. The Hall–Kier alpha value is -1.48. The summed E-state index contributed by atoms with van der Waals surface area (Å²) < 4.78 is 5.69. The Bertz CT molecular complexity index is 793. The van der Waals surface area contributed by atoms with E-state index in [1.165, 1.54) is 0 Å². The first-order valence-electron chi connectivity index (χ1n) is 6.67. The van der Waals surface area contributed by atoms with Crippen LogP contribution in [0.3, 0.4) is 0 Å². The summed E-state index contributed by atoms with van der Waals surface area (Å²) >= 11 is 12.2. The average Bonchev–Trinajstić information content (AvgIpc) is 2.79. The van der Waals surface area contributed by atoms with Gasteiger partial charge in [0.1, 0.15) is 11.3 Å². The molecule has 1 heterocycles. The number of aliphatic hydroxyl groups is 1. The second kappa shape index (κ2) is 5.72. The molecule has 0 aliphatic heterocycles. The molecule has 0 fully saturated rings. The SMILES string of the molecule is Cc1oc2ccccc2c1C(O)Cc1cccc(Cl)c1Cl. The highest BCUT2D eigenvalue weighted by atomic mass is 35.5. The molecule has 0 aliphatic carbocycles. The molecule has 2 nitrogen and oxygen atoms in total. The summed E-state index contributed by atoms with van der Waals surface area (Å²) in [6.45, 7) is 1.86. The third-order valence-electron chi connectivity index (χ3n) is 3.60. The molecule has 3 rings (SSSR count). The highest BCUT2D eigenvalue weighted by molar-refractivity contribution is 6.42. The molecule has 0 amide bonds. The van der Waals surface area contributed by atoms with Gasteiger partial charge in [-0.1, -0.05) is 53.5 Å². The fourth-order valence-corrected chi connectivity index (χ4v) is 3.02. The van der Waals surface area contributed by atoms with Crippen molar-refractivity contribution >= 4 is 34.2 Å². The topological polar surface area (TPSA) is 33.4 Å². The van der Waals surface area contributed by atoms with Gasteiger partial charge in [0, 0.05) is 17.4 Å². The van der Waals surface area contributed by atoms with Crippen LogP contribution in [-0.4, -0.2) is 5.11 Å². The number of furan rings is 1. The smallest absolute Gasteiger partial charge is 0.134 e. The van der Waals surface area contributed by atoms with Crippen LogP contribution in [0.2, 0.25) is 10.0 Å². The van der Waals surface area contributed by atoms with E-state index in [9.17, 15) is 5.11 Å². The summed E-state index contributed by atoms with van der Waals surface area (Å²) in [6, 6.07) is 13.1. The van der Waals surface area contributed by atoms with E-state index in [2.05, 4.69) is 0 Å². The van der Waals surface area contributed by atoms with Gasteiger partial charge in [-0.2, -0.15) is 0 Å². The third kappa shape index (κ3) is 2.67. The van der Waals surface area contributed by atoms with Gasteiger partial charge in [0.15, 0.2) is 0 Å². The summed E-state index contributed by atoms with van der Waals surface area (Å²) in [4.78, 5) is 0. The number of aliphatic hydroxyl groups excluding tert-OH is 1. The zero-order valence-corrected chi connectivity index (χ0v) is 12.9. The number of rotatable bonds is 3. The van der Waals surface area contributed by atoms with Crippen molar-refractivity contribution in [3.05, 3.63) is 69.4 Å². The van der Waals surface area contributed by atoms with Gasteiger partial charge in [-0.05, 0) is 24.6 Å². The van der Waals surface area contributed by atoms with E-state index in [4.69, 9.17) is 27.6 Å². The Kier molecular flexibility index (Phi) is 3.94. The van der Waals surface area contributed by atoms with Gasteiger partial charge in [-0.15, -0.1) is 0 Å². The molecular formula is C17H14Cl2O2. The van der Waals surface area contributed by atoms with Gasteiger partial charge in [0.05, 0.1) is 16.1 Å². The van der Waals surface area contributed by atoms with Crippen molar-refractivity contribution in [1.82, 2.24) is 0 Å². The van der Waals surface area contributed by atoms with Gasteiger partial charge < -0.3 is 9.52 Å². The van der Waals surface area contributed by atoms with Gasteiger partial charge in [0.25, 0.3) is 0 Å². The number of para-hydroxylation sites is 1. The van der Waals surface area contributed by atoms with Gasteiger partial charge in [-0.3, -0.25) is 0 Å². The minimum absolute atomic E-state index is 0.393. The lowest BCUT2D eigenvalue weighted by Crippen LogP contribution is -2.03. The lowest BCUT2D eigenvalue weighted by molar-refractivity contribution is 0.177. The molecule has 0 aliphatic rings. The van der Waals surface area contributed by atoms with Crippen molar-refractivity contribution in [3.8, 4) is 0 Å². The molecule has 1 unspecified atom stereocenters. The highest BCUT2D eigenvalue weighted by Gasteiger charge is 2.20. The molecular weight excluding hydrogens is 307 g/mol. The Morgan fingerprint density at radius 1 is 1.10 bits per heavy atom. The van der Waals surface area contributed by atoms with Crippen LogP contribution in [0.1, 0.15) is 23.0 Å². The largest absolute Gasteiger partial charge is 0.461 e. The molecule has 0 radical (unpaired) electrons. The number of fused-ring (bicyclic) bond motifs is 1. The molecule has 1 N–H and O–H groups in total. The van der Waals surface area contributed by atoms with E-state index >= 15 is 0 Å². The molecule has 3 aromatic rings. The molecule has 4 heteroatoms. The minimum atomic E-state index is -0.690. The van der Waals surface area contributed by atoms with Crippen LogP contribution in [0, 0.1) is 6.92 Å². The molecule has 0 spiro atoms. The predicted octanol–water partition coefficient (Wildman–Crippen LogP) is 5.32. The van der Waals surface area contributed by atoms with Gasteiger partial charge in [-0.25, -0.2) is 0 Å². The molecule has 0 bridgehead atoms. The first-order chi connectivity index (χ1) is 10.1. The molecule has 2 aromatic carbocycles. The van der Waals surface area contributed by atoms with E-state index in [1.54, 1.807) is 6.07 Å².